The summed E-state index contributed by atoms with van der Waals surface area (Å²) in [4.78, 5) is 17.3. The van der Waals surface area contributed by atoms with Gasteiger partial charge >= 0.3 is 0 Å². The molecule has 0 saturated carbocycles. The molecule has 2 aromatic carbocycles. The third-order valence-electron chi connectivity index (χ3n) is 4.64. The average molecular weight is 347 g/mol. The SMILES string of the molecule is Cc1c(N=Cc2ccc(C(C)(C)C)cc2)c(=O)n(-c2ccccc2)n1C. The molecule has 4 heteroatoms. The lowest BCUT2D eigenvalue weighted by Gasteiger charge is -2.18. The average Bonchev–Trinajstić information content (AvgIpc) is 2.83. The second-order valence-electron chi connectivity index (χ2n) is 7.54. The Labute approximate surface area is 154 Å². The molecular weight excluding hydrogens is 322 g/mol. The van der Waals surface area contributed by atoms with E-state index in [1.807, 2.05) is 61.1 Å². The molecule has 0 aliphatic heterocycles. The number of rotatable bonds is 3. The van der Waals surface area contributed by atoms with Crippen LogP contribution in [0.4, 0.5) is 5.69 Å². The summed E-state index contributed by atoms with van der Waals surface area (Å²) in [6.45, 7) is 8.48. The molecular formula is C22H25N3O. The molecule has 1 heterocycles. The molecule has 0 unspecified atom stereocenters. The smallest absolute Gasteiger partial charge is 0.283 e. The van der Waals surface area contributed by atoms with Crippen molar-refractivity contribution in [2.24, 2.45) is 12.0 Å². The zero-order valence-corrected chi connectivity index (χ0v) is 16.0. The van der Waals surface area contributed by atoms with Crippen molar-refractivity contribution in [3.63, 3.8) is 0 Å². The van der Waals surface area contributed by atoms with Crippen molar-refractivity contribution >= 4 is 11.9 Å². The summed E-state index contributed by atoms with van der Waals surface area (Å²) >= 11 is 0. The molecule has 0 spiro atoms. The van der Waals surface area contributed by atoms with Gasteiger partial charge in [-0.15, -0.1) is 0 Å². The van der Waals surface area contributed by atoms with Crippen LogP contribution in [-0.4, -0.2) is 15.6 Å². The van der Waals surface area contributed by atoms with Crippen molar-refractivity contribution in [2.45, 2.75) is 33.1 Å². The van der Waals surface area contributed by atoms with E-state index in [0.717, 1.165) is 16.9 Å². The minimum atomic E-state index is -0.112. The van der Waals surface area contributed by atoms with E-state index in [1.54, 1.807) is 10.9 Å². The first-order valence-electron chi connectivity index (χ1n) is 8.77. The molecule has 0 bridgehead atoms. The molecule has 0 aliphatic carbocycles. The van der Waals surface area contributed by atoms with E-state index < -0.39 is 0 Å². The van der Waals surface area contributed by atoms with Gasteiger partial charge in [-0.1, -0.05) is 63.2 Å². The van der Waals surface area contributed by atoms with E-state index in [4.69, 9.17) is 0 Å². The first-order valence-corrected chi connectivity index (χ1v) is 8.77. The summed E-state index contributed by atoms with van der Waals surface area (Å²) in [5.74, 6) is 0. The highest BCUT2D eigenvalue weighted by atomic mass is 16.1. The van der Waals surface area contributed by atoms with Crippen LogP contribution in [0.2, 0.25) is 0 Å². The predicted molar refractivity (Wildman–Crippen MR) is 108 cm³/mol. The second-order valence-corrected chi connectivity index (χ2v) is 7.54. The molecule has 0 fully saturated rings. The first-order chi connectivity index (χ1) is 12.3. The fourth-order valence-electron chi connectivity index (χ4n) is 2.91. The third kappa shape index (κ3) is 3.40. The van der Waals surface area contributed by atoms with Crippen LogP contribution in [0.3, 0.4) is 0 Å². The Morgan fingerprint density at radius 1 is 0.962 bits per heavy atom. The van der Waals surface area contributed by atoms with Crippen LogP contribution in [0.1, 0.15) is 37.6 Å². The van der Waals surface area contributed by atoms with Gasteiger partial charge in [0, 0.05) is 13.3 Å². The maximum atomic E-state index is 12.8. The van der Waals surface area contributed by atoms with Crippen molar-refractivity contribution < 1.29 is 0 Å². The van der Waals surface area contributed by atoms with Crippen LogP contribution in [0.5, 0.6) is 0 Å². The summed E-state index contributed by atoms with van der Waals surface area (Å²) in [6, 6.07) is 17.9. The van der Waals surface area contributed by atoms with E-state index in [0.29, 0.717) is 5.69 Å². The second kappa shape index (κ2) is 6.79. The van der Waals surface area contributed by atoms with Gasteiger partial charge in [0.15, 0.2) is 5.69 Å². The Bertz CT molecular complexity index is 985. The number of aromatic nitrogens is 2. The van der Waals surface area contributed by atoms with Crippen molar-refractivity contribution in [3.05, 3.63) is 81.8 Å². The number of hydrogen-bond donors (Lipinski definition) is 0. The summed E-state index contributed by atoms with van der Waals surface area (Å²) in [6.07, 6.45) is 1.76. The summed E-state index contributed by atoms with van der Waals surface area (Å²) in [5, 5.41) is 0. The lowest BCUT2D eigenvalue weighted by Crippen LogP contribution is -2.19. The van der Waals surface area contributed by atoms with Crippen molar-refractivity contribution in [2.75, 3.05) is 0 Å². The molecule has 1 aromatic heterocycles. The largest absolute Gasteiger partial charge is 0.297 e. The fourth-order valence-corrected chi connectivity index (χ4v) is 2.91. The molecule has 0 aliphatic rings. The molecule has 3 aromatic rings. The lowest BCUT2D eigenvalue weighted by atomic mass is 9.87. The lowest BCUT2D eigenvalue weighted by molar-refractivity contribution is 0.590. The first kappa shape index (κ1) is 17.9. The van der Waals surface area contributed by atoms with Crippen LogP contribution in [0.25, 0.3) is 5.69 Å². The Morgan fingerprint density at radius 2 is 1.58 bits per heavy atom. The Hall–Kier alpha value is -2.88. The topological polar surface area (TPSA) is 39.3 Å². The Balaban J connectivity index is 1.96. The van der Waals surface area contributed by atoms with Gasteiger partial charge < -0.3 is 0 Å². The number of benzene rings is 2. The normalized spacial score (nSPS) is 12.0. The van der Waals surface area contributed by atoms with E-state index in [9.17, 15) is 4.79 Å². The number of hydrogen-bond acceptors (Lipinski definition) is 2. The number of aliphatic imine (C=N–C) groups is 1. The minimum Gasteiger partial charge on any atom is -0.283 e. The van der Waals surface area contributed by atoms with E-state index in [1.165, 1.54) is 5.56 Å². The molecule has 4 nitrogen and oxygen atoms in total. The maximum Gasteiger partial charge on any atom is 0.297 e. The number of nitrogens with zero attached hydrogens (tertiary/aromatic N) is 3. The minimum absolute atomic E-state index is 0.112. The summed E-state index contributed by atoms with van der Waals surface area (Å²) < 4.78 is 3.48. The van der Waals surface area contributed by atoms with E-state index >= 15 is 0 Å². The number of para-hydroxylation sites is 1. The van der Waals surface area contributed by atoms with E-state index in [-0.39, 0.29) is 11.0 Å². The molecule has 3 rings (SSSR count). The zero-order valence-electron chi connectivity index (χ0n) is 16.0. The van der Waals surface area contributed by atoms with Crippen LogP contribution in [-0.2, 0) is 12.5 Å². The fraction of sp³-hybridized carbons (Fsp3) is 0.273. The molecule has 0 amide bonds. The van der Waals surface area contributed by atoms with Gasteiger partial charge in [0.1, 0.15) is 0 Å². The molecule has 0 radical (unpaired) electrons. The maximum absolute atomic E-state index is 12.8. The molecule has 134 valence electrons. The third-order valence-corrected chi connectivity index (χ3v) is 4.64. The standard InChI is InChI=1S/C22H25N3O/c1-16-20(21(26)25(24(16)5)19-9-7-6-8-10-19)23-15-17-11-13-18(14-12-17)22(2,3)4/h6-15H,1-5H3. The molecule has 26 heavy (non-hydrogen) atoms. The zero-order chi connectivity index (χ0) is 18.9. The van der Waals surface area contributed by atoms with Crippen molar-refractivity contribution in [3.8, 4) is 5.69 Å². The molecule has 0 atom stereocenters. The van der Waals surface area contributed by atoms with Gasteiger partial charge in [0.2, 0.25) is 0 Å². The van der Waals surface area contributed by atoms with Crippen LogP contribution >= 0.6 is 0 Å². The van der Waals surface area contributed by atoms with Gasteiger partial charge in [0.25, 0.3) is 5.56 Å². The van der Waals surface area contributed by atoms with Gasteiger partial charge in [-0.3, -0.25) is 9.48 Å². The molecule has 0 saturated heterocycles. The van der Waals surface area contributed by atoms with Crippen molar-refractivity contribution in [1.82, 2.24) is 9.36 Å². The summed E-state index contributed by atoms with van der Waals surface area (Å²) in [5.41, 5.74) is 4.40. The van der Waals surface area contributed by atoms with Gasteiger partial charge in [-0.05, 0) is 35.6 Å². The molecule has 0 N–H and O–H groups in total. The predicted octanol–water partition coefficient (Wildman–Crippen LogP) is 4.53. The monoisotopic (exact) mass is 347 g/mol. The van der Waals surface area contributed by atoms with Crippen LogP contribution in [0.15, 0.2) is 64.4 Å². The van der Waals surface area contributed by atoms with Crippen LogP contribution < -0.4 is 5.56 Å². The Morgan fingerprint density at radius 3 is 2.15 bits per heavy atom. The summed E-state index contributed by atoms with van der Waals surface area (Å²) in [7, 11) is 1.88. The van der Waals surface area contributed by atoms with E-state index in [2.05, 4.69) is 37.9 Å². The van der Waals surface area contributed by atoms with Crippen LogP contribution in [0, 0.1) is 6.92 Å². The van der Waals surface area contributed by atoms with Gasteiger partial charge in [-0.25, -0.2) is 9.67 Å². The quantitative estimate of drug-likeness (QED) is 0.642. The highest BCUT2D eigenvalue weighted by Crippen LogP contribution is 2.22. The highest BCUT2D eigenvalue weighted by molar-refractivity contribution is 5.82. The van der Waals surface area contributed by atoms with Crippen molar-refractivity contribution in [1.29, 1.82) is 0 Å². The Kier molecular flexibility index (Phi) is 4.68. The van der Waals surface area contributed by atoms with Gasteiger partial charge in [0.05, 0.1) is 11.4 Å². The van der Waals surface area contributed by atoms with Gasteiger partial charge in [-0.2, -0.15) is 0 Å². The highest BCUT2D eigenvalue weighted by Gasteiger charge is 2.15.